The van der Waals surface area contributed by atoms with Gasteiger partial charge in [0.1, 0.15) is 5.82 Å². The highest BCUT2D eigenvalue weighted by Gasteiger charge is 2.01. The van der Waals surface area contributed by atoms with Gasteiger partial charge in [-0.1, -0.05) is 0 Å². The molecule has 0 radical (unpaired) electrons. The fourth-order valence-electron chi connectivity index (χ4n) is 0.868. The summed E-state index contributed by atoms with van der Waals surface area (Å²) in [7, 11) is 0. The summed E-state index contributed by atoms with van der Waals surface area (Å²) >= 11 is 1.39. The van der Waals surface area contributed by atoms with Crippen LogP contribution >= 0.6 is 11.3 Å². The van der Waals surface area contributed by atoms with E-state index in [1.807, 2.05) is 0 Å². The van der Waals surface area contributed by atoms with Crippen molar-refractivity contribution < 1.29 is 13.9 Å². The Hall–Kier alpha value is -0.900. The second kappa shape index (κ2) is 4.87. The molecule has 12 heavy (non-hydrogen) atoms. The molecule has 1 heterocycles. The van der Waals surface area contributed by atoms with Crippen LogP contribution in [0.4, 0.5) is 4.39 Å². The molecule has 0 aliphatic rings. The molecule has 0 aliphatic carbocycles. The van der Waals surface area contributed by atoms with Crippen molar-refractivity contribution in [3.63, 3.8) is 0 Å². The van der Waals surface area contributed by atoms with E-state index in [4.69, 9.17) is 0 Å². The summed E-state index contributed by atoms with van der Waals surface area (Å²) in [5.41, 5.74) is 0. The van der Waals surface area contributed by atoms with Gasteiger partial charge in [0.2, 0.25) is 0 Å². The van der Waals surface area contributed by atoms with Crippen molar-refractivity contribution in [2.24, 2.45) is 0 Å². The number of halogens is 1. The van der Waals surface area contributed by atoms with Gasteiger partial charge in [-0.2, -0.15) is 0 Å². The number of carbonyl (C=O) groups is 1. The van der Waals surface area contributed by atoms with Crippen molar-refractivity contribution >= 4 is 17.8 Å². The normalized spacial score (nSPS) is 9.75. The highest BCUT2D eigenvalue weighted by molar-refractivity contribution is 7.09. The number of thiophene rings is 1. The zero-order chi connectivity index (χ0) is 8.81. The first-order valence-electron chi connectivity index (χ1n) is 3.61. The van der Waals surface area contributed by atoms with Crippen molar-refractivity contribution in [3.8, 4) is 0 Å². The second-order valence-corrected chi connectivity index (χ2v) is 3.26. The third-order valence-electron chi connectivity index (χ3n) is 1.43. The second-order valence-electron chi connectivity index (χ2n) is 2.26. The molecule has 1 aromatic rings. The lowest BCUT2D eigenvalue weighted by atomic mass is 10.3. The average molecular weight is 188 g/mol. The largest absolute Gasteiger partial charge is 0.468 e. The maximum atomic E-state index is 12.8. The van der Waals surface area contributed by atoms with Crippen molar-refractivity contribution in [3.05, 3.63) is 22.1 Å². The third-order valence-corrected chi connectivity index (χ3v) is 2.38. The standard InChI is InChI=1S/C8H9FO2S/c9-7-3-5-12-8(7)2-1-4-11-6-10/h3,5-6H,1-2,4H2. The van der Waals surface area contributed by atoms with Crippen LogP contribution in [0.15, 0.2) is 11.4 Å². The van der Waals surface area contributed by atoms with E-state index in [-0.39, 0.29) is 5.82 Å². The van der Waals surface area contributed by atoms with E-state index in [0.717, 1.165) is 4.88 Å². The van der Waals surface area contributed by atoms with E-state index < -0.39 is 0 Å². The lowest BCUT2D eigenvalue weighted by molar-refractivity contribution is -0.128. The Morgan fingerprint density at radius 1 is 1.67 bits per heavy atom. The fourth-order valence-corrected chi connectivity index (χ4v) is 1.66. The maximum Gasteiger partial charge on any atom is 0.293 e. The summed E-state index contributed by atoms with van der Waals surface area (Å²) < 4.78 is 17.2. The summed E-state index contributed by atoms with van der Waals surface area (Å²) in [4.78, 5) is 10.5. The zero-order valence-electron chi connectivity index (χ0n) is 6.46. The van der Waals surface area contributed by atoms with Crippen LogP contribution in [0.3, 0.4) is 0 Å². The van der Waals surface area contributed by atoms with Crippen molar-refractivity contribution in [2.75, 3.05) is 6.61 Å². The Kier molecular flexibility index (Phi) is 3.73. The van der Waals surface area contributed by atoms with Gasteiger partial charge in [0.05, 0.1) is 6.61 Å². The number of ether oxygens (including phenoxy) is 1. The topological polar surface area (TPSA) is 26.3 Å². The maximum absolute atomic E-state index is 12.8. The monoisotopic (exact) mass is 188 g/mol. The Morgan fingerprint density at radius 2 is 2.50 bits per heavy atom. The Labute approximate surface area is 74.0 Å². The minimum absolute atomic E-state index is 0.161. The molecule has 0 aliphatic heterocycles. The molecule has 0 saturated carbocycles. The molecule has 0 atom stereocenters. The van der Waals surface area contributed by atoms with Crippen LogP contribution in [0, 0.1) is 5.82 Å². The van der Waals surface area contributed by atoms with E-state index in [1.54, 1.807) is 5.38 Å². The molecule has 0 fully saturated rings. The smallest absolute Gasteiger partial charge is 0.293 e. The summed E-state index contributed by atoms with van der Waals surface area (Å²) in [6.45, 7) is 0.769. The highest BCUT2D eigenvalue weighted by atomic mass is 32.1. The van der Waals surface area contributed by atoms with E-state index >= 15 is 0 Å². The van der Waals surface area contributed by atoms with Crippen LogP contribution in [0.25, 0.3) is 0 Å². The van der Waals surface area contributed by atoms with E-state index in [1.165, 1.54) is 17.4 Å². The summed E-state index contributed by atoms with van der Waals surface area (Å²) in [5, 5.41) is 1.71. The molecule has 1 rings (SSSR count). The summed E-state index contributed by atoms with van der Waals surface area (Å²) in [6.07, 6.45) is 1.31. The molecular formula is C8H9FO2S. The van der Waals surface area contributed by atoms with Gasteiger partial charge in [-0.05, 0) is 24.3 Å². The van der Waals surface area contributed by atoms with Gasteiger partial charge in [-0.25, -0.2) is 4.39 Å². The van der Waals surface area contributed by atoms with Crippen LogP contribution in [0.2, 0.25) is 0 Å². The van der Waals surface area contributed by atoms with Gasteiger partial charge in [-0.3, -0.25) is 4.79 Å². The molecule has 1 aromatic heterocycles. The lowest BCUT2D eigenvalue weighted by Crippen LogP contribution is -1.94. The number of hydrogen-bond acceptors (Lipinski definition) is 3. The van der Waals surface area contributed by atoms with E-state index in [0.29, 0.717) is 25.9 Å². The lowest BCUT2D eigenvalue weighted by Gasteiger charge is -1.96. The average Bonchev–Trinajstić information content (AvgIpc) is 2.46. The quantitative estimate of drug-likeness (QED) is 0.521. The summed E-state index contributed by atoms with van der Waals surface area (Å²) in [5.74, 6) is -0.161. The molecule has 0 amide bonds. The van der Waals surface area contributed by atoms with E-state index in [9.17, 15) is 9.18 Å². The van der Waals surface area contributed by atoms with Crippen LogP contribution in [-0.2, 0) is 16.0 Å². The molecule has 0 unspecified atom stereocenters. The summed E-state index contributed by atoms with van der Waals surface area (Å²) in [6, 6.07) is 1.45. The van der Waals surface area contributed by atoms with Crippen molar-refractivity contribution in [1.29, 1.82) is 0 Å². The fraction of sp³-hybridized carbons (Fsp3) is 0.375. The Bertz CT molecular complexity index is 247. The minimum atomic E-state index is -0.161. The Morgan fingerprint density at radius 3 is 3.08 bits per heavy atom. The SMILES string of the molecule is O=COCCCc1sccc1F. The van der Waals surface area contributed by atoms with Gasteiger partial charge in [0.25, 0.3) is 6.47 Å². The van der Waals surface area contributed by atoms with Gasteiger partial charge >= 0.3 is 0 Å². The molecule has 66 valence electrons. The predicted molar refractivity (Wildman–Crippen MR) is 44.6 cm³/mol. The number of carbonyl (C=O) groups excluding carboxylic acids is 1. The number of rotatable bonds is 5. The molecule has 0 saturated heterocycles. The number of hydrogen-bond donors (Lipinski definition) is 0. The van der Waals surface area contributed by atoms with Crippen LogP contribution in [0.1, 0.15) is 11.3 Å². The first-order chi connectivity index (χ1) is 5.84. The Balaban J connectivity index is 2.24. The van der Waals surface area contributed by atoms with Gasteiger partial charge in [0, 0.05) is 4.88 Å². The van der Waals surface area contributed by atoms with E-state index in [2.05, 4.69) is 4.74 Å². The van der Waals surface area contributed by atoms with Crippen molar-refractivity contribution in [1.82, 2.24) is 0 Å². The van der Waals surface area contributed by atoms with Crippen LogP contribution in [-0.4, -0.2) is 13.1 Å². The van der Waals surface area contributed by atoms with Gasteiger partial charge in [-0.15, -0.1) is 11.3 Å². The van der Waals surface area contributed by atoms with Crippen LogP contribution in [0.5, 0.6) is 0 Å². The van der Waals surface area contributed by atoms with Crippen molar-refractivity contribution in [2.45, 2.75) is 12.8 Å². The molecule has 4 heteroatoms. The molecule has 2 nitrogen and oxygen atoms in total. The van der Waals surface area contributed by atoms with Gasteiger partial charge in [0.15, 0.2) is 0 Å². The number of aryl methyl sites for hydroxylation is 1. The molecule has 0 aromatic carbocycles. The first kappa shape index (κ1) is 9.19. The highest BCUT2D eigenvalue weighted by Crippen LogP contribution is 2.16. The predicted octanol–water partition coefficient (Wildman–Crippen LogP) is 1.99. The minimum Gasteiger partial charge on any atom is -0.468 e. The van der Waals surface area contributed by atoms with Gasteiger partial charge < -0.3 is 4.74 Å². The molecular weight excluding hydrogens is 179 g/mol. The molecule has 0 N–H and O–H groups in total. The molecule has 0 bridgehead atoms. The van der Waals surface area contributed by atoms with Crippen LogP contribution < -0.4 is 0 Å². The third kappa shape index (κ3) is 2.62. The molecule has 0 spiro atoms. The zero-order valence-corrected chi connectivity index (χ0v) is 7.27. The first-order valence-corrected chi connectivity index (χ1v) is 4.49.